The van der Waals surface area contributed by atoms with Gasteiger partial charge in [-0.05, 0) is 52.1 Å². The van der Waals surface area contributed by atoms with Crippen molar-refractivity contribution < 1.29 is 0 Å². The van der Waals surface area contributed by atoms with Gasteiger partial charge in [0.25, 0.3) is 0 Å². The quantitative estimate of drug-likeness (QED) is 0.258. The van der Waals surface area contributed by atoms with Gasteiger partial charge in [-0.3, -0.25) is 0 Å². The zero-order chi connectivity index (χ0) is 20.4. The van der Waals surface area contributed by atoms with Gasteiger partial charge < -0.3 is 4.40 Å². The summed E-state index contributed by atoms with van der Waals surface area (Å²) in [5, 5.41) is 9.25. The summed E-state index contributed by atoms with van der Waals surface area (Å²) in [5.74, 6) is 0. The lowest BCUT2D eigenvalue weighted by atomic mass is 9.97. The molecule has 7 rings (SSSR count). The molecule has 0 bridgehead atoms. The molecule has 0 fully saturated rings. The van der Waals surface area contributed by atoms with E-state index in [4.69, 9.17) is 0 Å². The van der Waals surface area contributed by atoms with E-state index in [1.54, 1.807) is 0 Å². The summed E-state index contributed by atoms with van der Waals surface area (Å²) in [6, 6.07) is 35.6. The van der Waals surface area contributed by atoms with Gasteiger partial charge in [-0.25, -0.2) is 0 Å². The first-order valence-corrected chi connectivity index (χ1v) is 11.0. The summed E-state index contributed by atoms with van der Waals surface area (Å²) in [6.45, 7) is 0. The Labute approximate surface area is 180 Å². The number of rotatable bonds is 0. The fourth-order valence-electron chi connectivity index (χ4n) is 5.59. The van der Waals surface area contributed by atoms with Gasteiger partial charge in [0.05, 0.1) is 16.6 Å². The van der Waals surface area contributed by atoms with Crippen LogP contribution in [0.1, 0.15) is 12.0 Å². The second-order valence-electron chi connectivity index (χ2n) is 8.44. The smallest absolute Gasteiger partial charge is 0.0576 e. The molecule has 1 nitrogen and oxygen atoms in total. The molecule has 0 spiro atoms. The molecule has 0 saturated carbocycles. The third kappa shape index (κ3) is 2.26. The van der Waals surface area contributed by atoms with E-state index < -0.39 is 0 Å². The van der Waals surface area contributed by atoms with E-state index in [1.165, 1.54) is 59.6 Å². The van der Waals surface area contributed by atoms with Crippen LogP contribution in [0.15, 0.2) is 97.1 Å². The third-order valence-electron chi connectivity index (χ3n) is 6.85. The highest BCUT2D eigenvalue weighted by molar-refractivity contribution is 6.15. The Hall–Kier alpha value is -3.84. The number of fused-ring (bicyclic) bond motifs is 10. The van der Waals surface area contributed by atoms with Crippen molar-refractivity contribution in [1.82, 2.24) is 4.40 Å². The highest BCUT2D eigenvalue weighted by Crippen LogP contribution is 2.33. The van der Waals surface area contributed by atoms with Crippen molar-refractivity contribution in [2.75, 3.05) is 0 Å². The Kier molecular flexibility index (Phi) is 3.45. The molecule has 4 aromatic carbocycles. The lowest BCUT2D eigenvalue weighted by Crippen LogP contribution is -2.10. The SMILES string of the molecule is C1=c2c3ccccc3c3ccccc3c3ccccc3n3c2c(c2ccccc23)CC1. The van der Waals surface area contributed by atoms with Crippen LogP contribution in [0.2, 0.25) is 0 Å². The van der Waals surface area contributed by atoms with Crippen molar-refractivity contribution in [3.05, 3.63) is 108 Å². The van der Waals surface area contributed by atoms with E-state index in [1.807, 2.05) is 0 Å². The van der Waals surface area contributed by atoms with Crippen LogP contribution in [0.25, 0.3) is 54.9 Å². The summed E-state index contributed by atoms with van der Waals surface area (Å²) < 4.78 is 2.52. The maximum atomic E-state index is 2.52. The minimum atomic E-state index is 1.08. The van der Waals surface area contributed by atoms with E-state index in [0.717, 1.165) is 12.8 Å². The van der Waals surface area contributed by atoms with Gasteiger partial charge in [-0.15, -0.1) is 0 Å². The first kappa shape index (κ1) is 16.9. The van der Waals surface area contributed by atoms with Crippen molar-refractivity contribution in [2.24, 2.45) is 0 Å². The number of para-hydroxylation sites is 2. The number of nitrogens with zero attached hydrogens (tertiary/aromatic N) is 1. The van der Waals surface area contributed by atoms with E-state index >= 15 is 0 Å². The standard InChI is InChI=1S/C30H21N/c1-3-12-22-20(10-1)21-11-2-4-13-23(21)26-16-9-17-27-25-15-6-8-19-29(25)31(30(26)27)28-18-7-5-14-24(22)28/h1-8,10-16,18-19H,9,17H2. The highest BCUT2D eigenvalue weighted by atomic mass is 14.9. The monoisotopic (exact) mass is 395 g/mol. The fraction of sp³-hybridized carbons (Fsp3) is 0.0667. The lowest BCUT2D eigenvalue weighted by Gasteiger charge is -2.07. The summed E-state index contributed by atoms with van der Waals surface area (Å²) in [6.07, 6.45) is 4.62. The average Bonchev–Trinajstić information content (AvgIpc) is 3.20. The first-order chi connectivity index (χ1) is 15.4. The van der Waals surface area contributed by atoms with Crippen LogP contribution in [0, 0.1) is 0 Å². The molecule has 0 N–H and O–H groups in total. The molecule has 2 aromatic heterocycles. The second-order valence-corrected chi connectivity index (χ2v) is 8.44. The van der Waals surface area contributed by atoms with Crippen LogP contribution < -0.4 is 5.22 Å². The summed E-state index contributed by atoms with van der Waals surface area (Å²) in [5.41, 5.74) is 5.39. The zero-order valence-electron chi connectivity index (χ0n) is 17.2. The lowest BCUT2D eigenvalue weighted by molar-refractivity contribution is 1.04. The summed E-state index contributed by atoms with van der Waals surface area (Å²) in [4.78, 5) is 0. The van der Waals surface area contributed by atoms with E-state index in [9.17, 15) is 0 Å². The Balaban J connectivity index is 2.02. The average molecular weight is 396 g/mol. The molecule has 1 aliphatic rings. The van der Waals surface area contributed by atoms with Crippen LogP contribution in [0.3, 0.4) is 0 Å². The molecule has 0 amide bonds. The number of benzene rings is 4. The predicted octanol–water partition coefficient (Wildman–Crippen LogP) is 7.12. The summed E-state index contributed by atoms with van der Waals surface area (Å²) >= 11 is 0. The Morgan fingerprint density at radius 1 is 0.484 bits per heavy atom. The van der Waals surface area contributed by atoms with E-state index in [2.05, 4.69) is 108 Å². The van der Waals surface area contributed by atoms with Crippen molar-refractivity contribution in [3.8, 4) is 0 Å². The molecule has 0 aliphatic heterocycles. The molecule has 146 valence electrons. The minimum Gasteiger partial charge on any atom is -0.308 e. The van der Waals surface area contributed by atoms with Crippen LogP contribution in [0.4, 0.5) is 0 Å². The maximum Gasteiger partial charge on any atom is 0.0576 e. The molecule has 0 unspecified atom stereocenters. The van der Waals surface area contributed by atoms with Crippen LogP contribution >= 0.6 is 0 Å². The largest absolute Gasteiger partial charge is 0.308 e. The minimum absolute atomic E-state index is 1.08. The van der Waals surface area contributed by atoms with E-state index in [-0.39, 0.29) is 0 Å². The van der Waals surface area contributed by atoms with Gasteiger partial charge in [0.15, 0.2) is 0 Å². The normalized spacial score (nSPS) is 13.2. The molecule has 0 atom stereocenters. The van der Waals surface area contributed by atoms with Gasteiger partial charge in [0, 0.05) is 16.0 Å². The Morgan fingerprint density at radius 3 is 1.68 bits per heavy atom. The number of hydrogen-bond acceptors (Lipinski definition) is 0. The summed E-state index contributed by atoms with van der Waals surface area (Å²) in [7, 11) is 0. The molecule has 1 aliphatic carbocycles. The molecule has 1 heteroatoms. The van der Waals surface area contributed by atoms with Crippen molar-refractivity contribution in [3.63, 3.8) is 0 Å². The Bertz CT molecular complexity index is 1780. The number of hydrogen-bond donors (Lipinski definition) is 0. The number of aromatic nitrogens is 1. The van der Waals surface area contributed by atoms with Crippen LogP contribution in [0.5, 0.6) is 0 Å². The van der Waals surface area contributed by atoms with Crippen LogP contribution in [-0.2, 0) is 6.42 Å². The molecule has 31 heavy (non-hydrogen) atoms. The van der Waals surface area contributed by atoms with Gasteiger partial charge in [0.2, 0.25) is 0 Å². The predicted molar refractivity (Wildman–Crippen MR) is 133 cm³/mol. The zero-order valence-corrected chi connectivity index (χ0v) is 17.2. The molecule has 0 radical (unpaired) electrons. The molecule has 6 aromatic rings. The van der Waals surface area contributed by atoms with Crippen molar-refractivity contribution >= 4 is 54.9 Å². The maximum absolute atomic E-state index is 2.52. The van der Waals surface area contributed by atoms with Gasteiger partial charge in [-0.2, -0.15) is 0 Å². The number of aryl methyl sites for hydroxylation is 1. The van der Waals surface area contributed by atoms with Crippen molar-refractivity contribution in [1.29, 1.82) is 0 Å². The third-order valence-corrected chi connectivity index (χ3v) is 6.85. The van der Waals surface area contributed by atoms with Gasteiger partial charge in [0.1, 0.15) is 0 Å². The van der Waals surface area contributed by atoms with Gasteiger partial charge in [-0.1, -0.05) is 91.0 Å². The van der Waals surface area contributed by atoms with Crippen LogP contribution in [-0.4, -0.2) is 4.40 Å². The molecular formula is C30H21N. The first-order valence-electron chi connectivity index (χ1n) is 11.0. The molecule has 0 saturated heterocycles. The van der Waals surface area contributed by atoms with Crippen molar-refractivity contribution in [2.45, 2.75) is 12.8 Å². The van der Waals surface area contributed by atoms with Gasteiger partial charge >= 0.3 is 0 Å². The topological polar surface area (TPSA) is 4.41 Å². The molecular weight excluding hydrogens is 374 g/mol. The highest BCUT2D eigenvalue weighted by Gasteiger charge is 2.17. The fourth-order valence-corrected chi connectivity index (χ4v) is 5.59. The van der Waals surface area contributed by atoms with E-state index in [0.29, 0.717) is 0 Å². The second kappa shape index (κ2) is 6.33. The molecule has 2 heterocycles. The Morgan fingerprint density at radius 2 is 0.968 bits per heavy atom.